The lowest BCUT2D eigenvalue weighted by Gasteiger charge is -2.07. The van der Waals surface area contributed by atoms with Gasteiger partial charge in [0.2, 0.25) is 0 Å². The van der Waals surface area contributed by atoms with Crippen molar-refractivity contribution in [3.63, 3.8) is 0 Å². The van der Waals surface area contributed by atoms with Gasteiger partial charge in [0.05, 0.1) is 25.0 Å². The Bertz CT molecular complexity index is 488. The summed E-state index contributed by atoms with van der Waals surface area (Å²) in [6, 6.07) is 1.93. The molecule has 108 valence electrons. The summed E-state index contributed by atoms with van der Waals surface area (Å²) in [6.45, 7) is 12.6. The van der Waals surface area contributed by atoms with Crippen LogP contribution in [0.3, 0.4) is 0 Å². The summed E-state index contributed by atoms with van der Waals surface area (Å²) >= 11 is 0. The van der Waals surface area contributed by atoms with E-state index in [1.165, 1.54) is 31.6 Å². The van der Waals surface area contributed by atoms with Crippen molar-refractivity contribution in [2.45, 2.75) is 20.8 Å². The molecule has 0 spiro atoms. The van der Waals surface area contributed by atoms with E-state index < -0.39 is 5.97 Å². The first-order valence-corrected chi connectivity index (χ1v) is 6.06. The first-order chi connectivity index (χ1) is 9.51. The van der Waals surface area contributed by atoms with Crippen LogP contribution in [0.4, 0.5) is 0 Å². The Morgan fingerprint density at radius 3 is 2.10 bits per heavy atom. The number of rotatable bonds is 6. The second-order valence-corrected chi connectivity index (χ2v) is 3.29. The molecule has 0 aromatic carbocycles. The predicted octanol–water partition coefficient (Wildman–Crippen LogP) is 3.77. The van der Waals surface area contributed by atoms with Gasteiger partial charge in [-0.15, -0.1) is 0 Å². The van der Waals surface area contributed by atoms with Gasteiger partial charge >= 0.3 is 5.97 Å². The molecule has 0 bridgehead atoms. The summed E-state index contributed by atoms with van der Waals surface area (Å²) in [6.07, 6.45) is 5.48. The molecule has 0 aromatic heterocycles. The molecular formula is C16H21NO3. The van der Waals surface area contributed by atoms with Crippen LogP contribution in [0.5, 0.6) is 0 Å². The number of hydrogen-bond acceptors (Lipinski definition) is 3. The van der Waals surface area contributed by atoms with E-state index in [1.54, 1.807) is 6.92 Å². The number of nitriles is 1. The second-order valence-electron chi connectivity index (χ2n) is 3.29. The molecule has 0 saturated carbocycles. The summed E-state index contributed by atoms with van der Waals surface area (Å²) in [5.41, 5.74) is 1.14. The maximum absolute atomic E-state index is 11.1. The zero-order valence-corrected chi connectivity index (χ0v) is 12.4. The number of aliphatic carboxylic acids is 1. The lowest BCUT2D eigenvalue weighted by molar-refractivity contribution is -0.132. The van der Waals surface area contributed by atoms with Gasteiger partial charge in [-0.1, -0.05) is 39.2 Å². The molecule has 0 aliphatic carbocycles. The van der Waals surface area contributed by atoms with Crippen LogP contribution >= 0.6 is 0 Å². The average molecular weight is 275 g/mol. The van der Waals surface area contributed by atoms with Crippen molar-refractivity contribution in [3.8, 4) is 6.07 Å². The Balaban J connectivity index is 0. The van der Waals surface area contributed by atoms with Crippen molar-refractivity contribution in [3.05, 3.63) is 59.9 Å². The van der Waals surface area contributed by atoms with Crippen LogP contribution in [0.25, 0.3) is 0 Å². The van der Waals surface area contributed by atoms with Gasteiger partial charge in [0.1, 0.15) is 0 Å². The minimum Gasteiger partial charge on any atom is -0.504 e. The highest BCUT2D eigenvalue weighted by atomic mass is 16.5. The Labute approximate surface area is 120 Å². The Kier molecular flexibility index (Phi) is 11.4. The number of carboxylic acids is 1. The van der Waals surface area contributed by atoms with Gasteiger partial charge < -0.3 is 9.84 Å². The van der Waals surface area contributed by atoms with Crippen molar-refractivity contribution in [2.24, 2.45) is 0 Å². The van der Waals surface area contributed by atoms with Gasteiger partial charge in [-0.25, -0.2) is 4.79 Å². The minimum absolute atomic E-state index is 0.0206. The van der Waals surface area contributed by atoms with Gasteiger partial charge in [-0.05, 0) is 13.0 Å². The van der Waals surface area contributed by atoms with Crippen LogP contribution in [0.15, 0.2) is 59.9 Å². The third-order valence-corrected chi connectivity index (χ3v) is 2.04. The van der Waals surface area contributed by atoms with Crippen LogP contribution in [-0.4, -0.2) is 18.2 Å². The molecule has 4 heteroatoms. The summed E-state index contributed by atoms with van der Waals surface area (Å²) in [4.78, 5) is 11.1. The molecular weight excluding hydrogens is 254 g/mol. The number of allylic oxidation sites excluding steroid dienone is 5. The molecule has 1 N–H and O–H groups in total. The van der Waals surface area contributed by atoms with Crippen LogP contribution in [0.2, 0.25) is 0 Å². The minimum atomic E-state index is -1.13. The fourth-order valence-electron chi connectivity index (χ4n) is 1.23. The Morgan fingerprint density at radius 2 is 1.80 bits per heavy atom. The van der Waals surface area contributed by atoms with E-state index in [2.05, 4.69) is 13.2 Å². The first kappa shape index (κ1) is 19.8. The van der Waals surface area contributed by atoms with E-state index in [1.807, 2.05) is 19.9 Å². The first-order valence-electron chi connectivity index (χ1n) is 6.06. The van der Waals surface area contributed by atoms with Gasteiger partial charge in [-0.2, -0.15) is 5.26 Å². The van der Waals surface area contributed by atoms with Crippen molar-refractivity contribution in [1.29, 1.82) is 5.26 Å². The third kappa shape index (κ3) is 6.41. The molecule has 0 saturated heterocycles. The van der Waals surface area contributed by atoms with Crippen LogP contribution in [0, 0.1) is 11.3 Å². The molecule has 0 amide bonds. The van der Waals surface area contributed by atoms with Gasteiger partial charge in [-0.3, -0.25) is 0 Å². The Morgan fingerprint density at radius 1 is 1.25 bits per heavy atom. The molecule has 0 aliphatic heterocycles. The van der Waals surface area contributed by atoms with E-state index in [4.69, 9.17) is 15.1 Å². The lowest BCUT2D eigenvalue weighted by Crippen LogP contribution is -2.03. The third-order valence-electron chi connectivity index (χ3n) is 2.04. The molecule has 0 aromatic rings. The number of carboxylic acid groups (broad SMARTS) is 1. The number of nitrogens with zero attached hydrogens (tertiary/aromatic N) is 1. The largest absolute Gasteiger partial charge is 0.504 e. The molecule has 0 radical (unpaired) electrons. The molecule has 0 unspecified atom stereocenters. The van der Waals surface area contributed by atoms with E-state index in [-0.39, 0.29) is 5.57 Å². The normalized spacial score (nSPS) is 12.2. The van der Waals surface area contributed by atoms with E-state index in [9.17, 15) is 4.79 Å². The summed E-state index contributed by atoms with van der Waals surface area (Å²) in [7, 11) is 1.44. The standard InChI is InChI=1S/C14H15NO3.C2H6/c1-5-11(9-18-4)13(7-10(3)8-15)12(6-2)14(16)17;1-2/h5-7,9H,1-2H2,3-4H3,(H,16,17);1-2H3/b10-7+,11-9-,13-12-;. The summed E-state index contributed by atoms with van der Waals surface area (Å²) in [5.74, 6) is -1.13. The van der Waals surface area contributed by atoms with Crippen LogP contribution in [0.1, 0.15) is 20.8 Å². The van der Waals surface area contributed by atoms with Crippen LogP contribution < -0.4 is 0 Å². The van der Waals surface area contributed by atoms with Gasteiger partial charge in [0.25, 0.3) is 0 Å². The number of carbonyl (C=O) groups is 1. The highest BCUT2D eigenvalue weighted by Gasteiger charge is 2.12. The number of methoxy groups -OCH3 is 1. The van der Waals surface area contributed by atoms with Gasteiger partial charge in [0, 0.05) is 16.7 Å². The molecule has 0 fully saturated rings. The zero-order valence-electron chi connectivity index (χ0n) is 12.4. The molecule has 0 aliphatic rings. The van der Waals surface area contributed by atoms with Crippen LogP contribution in [-0.2, 0) is 9.53 Å². The fraction of sp³-hybridized carbons (Fsp3) is 0.250. The van der Waals surface area contributed by atoms with E-state index in [0.717, 1.165) is 0 Å². The molecule has 4 nitrogen and oxygen atoms in total. The molecule has 20 heavy (non-hydrogen) atoms. The Hall–Kier alpha value is -2.54. The molecule has 0 atom stereocenters. The van der Waals surface area contributed by atoms with Crippen molar-refractivity contribution in [2.75, 3.05) is 7.11 Å². The van der Waals surface area contributed by atoms with Crippen molar-refractivity contribution in [1.82, 2.24) is 0 Å². The summed E-state index contributed by atoms with van der Waals surface area (Å²) in [5, 5.41) is 17.9. The maximum atomic E-state index is 11.1. The summed E-state index contributed by atoms with van der Waals surface area (Å²) < 4.78 is 4.86. The monoisotopic (exact) mass is 275 g/mol. The van der Waals surface area contributed by atoms with Gasteiger partial charge in [0.15, 0.2) is 0 Å². The molecule has 0 heterocycles. The second kappa shape index (κ2) is 11.5. The topological polar surface area (TPSA) is 70.3 Å². The van der Waals surface area contributed by atoms with Crippen molar-refractivity contribution < 1.29 is 14.6 Å². The fourth-order valence-corrected chi connectivity index (χ4v) is 1.23. The lowest BCUT2D eigenvalue weighted by atomic mass is 9.98. The highest BCUT2D eigenvalue weighted by molar-refractivity contribution is 5.92. The van der Waals surface area contributed by atoms with E-state index in [0.29, 0.717) is 16.7 Å². The maximum Gasteiger partial charge on any atom is 0.336 e. The van der Waals surface area contributed by atoms with E-state index >= 15 is 0 Å². The SMILES string of the molecule is C=CC(=C/OC)/C(/C=C(\C)C#N)=C(/C=C)C(=O)O.CC. The average Bonchev–Trinajstić information content (AvgIpc) is 2.46. The number of ether oxygens (including phenoxy) is 1. The smallest absolute Gasteiger partial charge is 0.336 e. The highest BCUT2D eigenvalue weighted by Crippen LogP contribution is 2.20. The quantitative estimate of drug-likeness (QED) is 0.347. The van der Waals surface area contributed by atoms with Crippen molar-refractivity contribution >= 4 is 5.97 Å². The predicted molar refractivity (Wildman–Crippen MR) is 80.9 cm³/mol. The molecule has 0 rings (SSSR count). The number of hydrogen-bond donors (Lipinski definition) is 1. The zero-order chi connectivity index (χ0) is 16.1.